The Morgan fingerprint density at radius 3 is 2.30 bits per heavy atom. The monoisotopic (exact) mass is 332 g/mol. The Balaban J connectivity index is 1.57. The number of likely N-dealkylation sites (tertiary alicyclic amines) is 1. The molecule has 5 heteroatoms. The van der Waals surface area contributed by atoms with Crippen LogP contribution in [0.2, 0.25) is 0 Å². The van der Waals surface area contributed by atoms with Crippen molar-refractivity contribution in [3.05, 3.63) is 35.9 Å². The first-order chi connectivity index (χ1) is 11.0. The molecule has 0 atom stereocenters. The molecule has 0 unspecified atom stereocenters. The zero-order valence-electron chi connectivity index (χ0n) is 13.4. The van der Waals surface area contributed by atoms with Gasteiger partial charge in [0.05, 0.1) is 23.0 Å². The van der Waals surface area contributed by atoms with Gasteiger partial charge in [-0.05, 0) is 50.3 Å². The Labute approximate surface area is 139 Å². The highest BCUT2D eigenvalue weighted by atomic mass is 32.2. The van der Waals surface area contributed by atoms with E-state index < -0.39 is 9.84 Å². The smallest absolute Gasteiger partial charge is 0.150 e. The fourth-order valence-electron chi connectivity index (χ4n) is 3.83. The lowest BCUT2D eigenvalue weighted by Crippen LogP contribution is -2.44. The van der Waals surface area contributed by atoms with Crippen molar-refractivity contribution in [2.75, 3.05) is 31.1 Å². The van der Waals surface area contributed by atoms with Crippen LogP contribution in [0.1, 0.15) is 31.2 Å². The molecule has 2 fully saturated rings. The average Bonchev–Trinajstić information content (AvgIpc) is 2.58. The van der Waals surface area contributed by atoms with Crippen LogP contribution in [0, 0.1) is 17.2 Å². The van der Waals surface area contributed by atoms with E-state index >= 15 is 0 Å². The fraction of sp³-hybridized carbons (Fsp3) is 0.611. The second kappa shape index (κ2) is 6.62. The largest absolute Gasteiger partial charge is 0.303 e. The van der Waals surface area contributed by atoms with Crippen molar-refractivity contribution in [2.45, 2.75) is 31.1 Å². The summed E-state index contributed by atoms with van der Waals surface area (Å²) in [6.07, 6.45) is 3.30. The molecule has 0 aromatic heterocycles. The molecule has 3 rings (SSSR count). The zero-order valence-corrected chi connectivity index (χ0v) is 14.3. The highest BCUT2D eigenvalue weighted by molar-refractivity contribution is 7.91. The van der Waals surface area contributed by atoms with E-state index in [1.807, 2.05) is 18.2 Å². The molecule has 0 bridgehead atoms. The molecule has 1 aromatic rings. The van der Waals surface area contributed by atoms with Crippen molar-refractivity contribution in [1.82, 2.24) is 4.90 Å². The normalized spacial score (nSPS) is 24.8. The lowest BCUT2D eigenvalue weighted by Gasteiger charge is -2.39. The molecule has 4 nitrogen and oxygen atoms in total. The molecule has 0 radical (unpaired) electrons. The number of hydrogen-bond acceptors (Lipinski definition) is 4. The Morgan fingerprint density at radius 1 is 1.13 bits per heavy atom. The number of rotatable bonds is 3. The van der Waals surface area contributed by atoms with Crippen molar-refractivity contribution in [1.29, 1.82) is 5.26 Å². The van der Waals surface area contributed by atoms with E-state index in [9.17, 15) is 13.7 Å². The van der Waals surface area contributed by atoms with Crippen LogP contribution >= 0.6 is 0 Å². The highest BCUT2D eigenvalue weighted by Crippen LogP contribution is 2.35. The van der Waals surface area contributed by atoms with E-state index in [0.29, 0.717) is 17.4 Å². The summed E-state index contributed by atoms with van der Waals surface area (Å²) in [7, 11) is -2.78. The first-order valence-electron chi connectivity index (χ1n) is 8.43. The van der Waals surface area contributed by atoms with Gasteiger partial charge in [-0.3, -0.25) is 0 Å². The Hall–Kier alpha value is -1.38. The molecule has 2 saturated heterocycles. The molecular formula is C18H24N2O2S. The van der Waals surface area contributed by atoms with E-state index in [1.165, 1.54) is 0 Å². The van der Waals surface area contributed by atoms with Gasteiger partial charge in [0.15, 0.2) is 0 Å². The van der Waals surface area contributed by atoms with Crippen LogP contribution in [0.3, 0.4) is 0 Å². The number of hydrogen-bond donors (Lipinski definition) is 0. The molecule has 0 spiro atoms. The molecule has 0 aliphatic carbocycles. The number of nitriles is 1. The summed E-state index contributed by atoms with van der Waals surface area (Å²) in [6, 6.07) is 12.7. The quantitative estimate of drug-likeness (QED) is 0.852. The second-order valence-corrected chi connectivity index (χ2v) is 9.26. The van der Waals surface area contributed by atoms with Crippen molar-refractivity contribution >= 4 is 9.84 Å². The fourth-order valence-corrected chi connectivity index (χ4v) is 5.42. The van der Waals surface area contributed by atoms with Gasteiger partial charge in [0.1, 0.15) is 9.84 Å². The third-order valence-corrected chi connectivity index (χ3v) is 7.16. The van der Waals surface area contributed by atoms with Crippen molar-refractivity contribution in [3.63, 3.8) is 0 Å². The summed E-state index contributed by atoms with van der Waals surface area (Å²) in [4.78, 5) is 2.42. The molecule has 2 heterocycles. The maximum atomic E-state index is 11.5. The van der Waals surface area contributed by atoms with Gasteiger partial charge in [-0.15, -0.1) is 0 Å². The minimum absolute atomic E-state index is 0.345. The Bertz CT molecular complexity index is 657. The number of piperidine rings is 1. The number of nitrogens with zero attached hydrogens (tertiary/aromatic N) is 2. The highest BCUT2D eigenvalue weighted by Gasteiger charge is 2.37. The van der Waals surface area contributed by atoms with E-state index in [1.54, 1.807) is 0 Å². The third-order valence-electron chi connectivity index (χ3n) is 5.44. The lowest BCUT2D eigenvalue weighted by atomic mass is 9.74. The van der Waals surface area contributed by atoms with Gasteiger partial charge < -0.3 is 4.90 Å². The number of benzene rings is 1. The van der Waals surface area contributed by atoms with Crippen LogP contribution in [0.4, 0.5) is 0 Å². The molecule has 0 saturated carbocycles. The summed E-state index contributed by atoms with van der Waals surface area (Å²) < 4.78 is 23.0. The number of sulfone groups is 1. The first kappa shape index (κ1) is 16.5. The zero-order chi connectivity index (χ0) is 16.3. The van der Waals surface area contributed by atoms with Gasteiger partial charge in [0, 0.05) is 6.54 Å². The lowest BCUT2D eigenvalue weighted by molar-refractivity contribution is 0.157. The summed E-state index contributed by atoms with van der Waals surface area (Å²) in [5.74, 6) is 1.18. The van der Waals surface area contributed by atoms with Gasteiger partial charge in [-0.1, -0.05) is 30.3 Å². The summed E-state index contributed by atoms with van der Waals surface area (Å²) >= 11 is 0. The predicted molar refractivity (Wildman–Crippen MR) is 90.8 cm³/mol. The molecular weight excluding hydrogens is 308 g/mol. The van der Waals surface area contributed by atoms with Crippen LogP contribution in [-0.2, 0) is 15.3 Å². The standard InChI is InChI=1S/C18H24N2O2S/c19-15-18(17-4-2-1-3-5-17)8-10-20(11-9-18)14-16-6-12-23(21,22)13-7-16/h1-5,16H,6-14H2. The van der Waals surface area contributed by atoms with Gasteiger partial charge in [-0.2, -0.15) is 5.26 Å². The summed E-state index contributed by atoms with van der Waals surface area (Å²) in [6.45, 7) is 2.82. The third kappa shape index (κ3) is 3.76. The predicted octanol–water partition coefficient (Wildman–Crippen LogP) is 2.37. The SMILES string of the molecule is N#CC1(c2ccccc2)CCN(CC2CCS(=O)(=O)CC2)CC1. The maximum Gasteiger partial charge on any atom is 0.150 e. The van der Waals surface area contributed by atoms with E-state index in [2.05, 4.69) is 23.1 Å². The molecule has 2 aliphatic rings. The summed E-state index contributed by atoms with van der Waals surface area (Å²) in [5, 5.41) is 9.73. The van der Waals surface area contributed by atoms with Gasteiger partial charge in [0.2, 0.25) is 0 Å². The Morgan fingerprint density at radius 2 is 1.74 bits per heavy atom. The van der Waals surface area contributed by atoms with E-state index in [4.69, 9.17) is 0 Å². The molecule has 23 heavy (non-hydrogen) atoms. The van der Waals surface area contributed by atoms with E-state index in [0.717, 1.165) is 50.9 Å². The van der Waals surface area contributed by atoms with Crippen molar-refractivity contribution in [2.24, 2.45) is 5.92 Å². The minimum atomic E-state index is -2.78. The van der Waals surface area contributed by atoms with E-state index in [-0.39, 0.29) is 5.41 Å². The topological polar surface area (TPSA) is 61.2 Å². The molecule has 2 aliphatic heterocycles. The van der Waals surface area contributed by atoms with Crippen molar-refractivity contribution in [3.8, 4) is 6.07 Å². The maximum absolute atomic E-state index is 11.5. The van der Waals surface area contributed by atoms with Gasteiger partial charge in [-0.25, -0.2) is 8.42 Å². The van der Waals surface area contributed by atoms with Crippen molar-refractivity contribution < 1.29 is 8.42 Å². The molecule has 1 aromatic carbocycles. The van der Waals surface area contributed by atoms with Crippen LogP contribution in [0.25, 0.3) is 0 Å². The van der Waals surface area contributed by atoms with Crippen LogP contribution in [0.5, 0.6) is 0 Å². The molecule has 0 amide bonds. The van der Waals surface area contributed by atoms with Gasteiger partial charge in [0.25, 0.3) is 0 Å². The summed E-state index contributed by atoms with van der Waals surface area (Å²) in [5.41, 5.74) is 0.777. The second-order valence-electron chi connectivity index (χ2n) is 6.96. The molecule has 124 valence electrons. The van der Waals surface area contributed by atoms with Crippen LogP contribution in [0.15, 0.2) is 30.3 Å². The minimum Gasteiger partial charge on any atom is -0.303 e. The average molecular weight is 332 g/mol. The van der Waals surface area contributed by atoms with Crippen LogP contribution in [-0.4, -0.2) is 44.5 Å². The first-order valence-corrected chi connectivity index (χ1v) is 10.2. The van der Waals surface area contributed by atoms with Crippen LogP contribution < -0.4 is 0 Å². The molecule has 0 N–H and O–H groups in total. The van der Waals surface area contributed by atoms with Gasteiger partial charge >= 0.3 is 0 Å². The Kier molecular flexibility index (Phi) is 4.74.